The number of likely N-dealkylation sites (N-methyl/N-ethyl adjacent to an activating group) is 1. The summed E-state index contributed by atoms with van der Waals surface area (Å²) in [5.74, 6) is -0.267. The van der Waals surface area contributed by atoms with E-state index in [0.29, 0.717) is 49.5 Å². The predicted octanol–water partition coefficient (Wildman–Crippen LogP) is 3.11. The smallest absolute Gasteiger partial charge is 0.251 e. The minimum Gasteiger partial charge on any atom is -0.496 e. The van der Waals surface area contributed by atoms with Crippen LogP contribution in [0.25, 0.3) is 11.1 Å². The molecule has 1 saturated heterocycles. The monoisotopic (exact) mass is 560 g/mol. The minimum absolute atomic E-state index is 0.0377. The molecule has 0 spiro atoms. The molecule has 0 bridgehead atoms. The standard InChI is InChI=1S/C32H40N4O5/c1-21(37)27-18-36(41-20-27)17-23-11-8-12-29(30(23)40-4)24-14-25(31(33)38)16-26(15-24)32(39)34-28(19-35(2)3)13-22-9-6-5-7-10-22/h5-12,14-16,21,27-28,37H,13,17-20H2,1-4H3,(H2,33,38)(H,34,39)/t21-,27+,28?/m0/s1. The fraction of sp³-hybridized carbons (Fsp3) is 0.375. The first kappa shape index (κ1) is 30.2. The van der Waals surface area contributed by atoms with Gasteiger partial charge in [0.05, 0.1) is 26.4 Å². The molecule has 9 nitrogen and oxygen atoms in total. The normalized spacial score (nSPS) is 16.9. The Bertz CT molecular complexity index is 1350. The number of aliphatic hydroxyl groups excluding tert-OH is 1. The maximum Gasteiger partial charge on any atom is 0.251 e. The third-order valence-corrected chi connectivity index (χ3v) is 7.28. The van der Waals surface area contributed by atoms with Crippen LogP contribution in [0.2, 0.25) is 0 Å². The van der Waals surface area contributed by atoms with Gasteiger partial charge in [-0.25, -0.2) is 0 Å². The first-order valence-electron chi connectivity index (χ1n) is 13.8. The molecular formula is C32H40N4O5. The SMILES string of the molecule is COc1c(CN2C[C@@H]([C@H](C)O)CO2)cccc1-c1cc(C(N)=O)cc(C(=O)NC(Cc2ccccc2)CN(C)C)c1. The van der Waals surface area contributed by atoms with Crippen molar-refractivity contribution in [1.82, 2.24) is 15.3 Å². The summed E-state index contributed by atoms with van der Waals surface area (Å²) >= 11 is 0. The van der Waals surface area contributed by atoms with Gasteiger partial charge < -0.3 is 25.8 Å². The number of nitrogens with zero attached hydrogens (tertiary/aromatic N) is 2. The van der Waals surface area contributed by atoms with Crippen LogP contribution in [-0.2, 0) is 17.8 Å². The summed E-state index contributed by atoms with van der Waals surface area (Å²) in [4.78, 5) is 33.7. The molecule has 1 fully saturated rings. The number of nitrogens with one attached hydrogen (secondary N) is 1. The number of amides is 2. The van der Waals surface area contributed by atoms with Crippen LogP contribution in [0.3, 0.4) is 0 Å². The molecule has 218 valence electrons. The molecule has 41 heavy (non-hydrogen) atoms. The van der Waals surface area contributed by atoms with E-state index in [9.17, 15) is 14.7 Å². The van der Waals surface area contributed by atoms with E-state index < -0.39 is 12.0 Å². The number of ether oxygens (including phenoxy) is 1. The van der Waals surface area contributed by atoms with Gasteiger partial charge in [-0.05, 0) is 56.8 Å². The largest absolute Gasteiger partial charge is 0.496 e. The van der Waals surface area contributed by atoms with E-state index in [4.69, 9.17) is 15.3 Å². The van der Waals surface area contributed by atoms with Gasteiger partial charge in [-0.3, -0.25) is 14.4 Å². The molecule has 0 saturated carbocycles. The van der Waals surface area contributed by atoms with Crippen molar-refractivity contribution in [2.24, 2.45) is 11.7 Å². The molecule has 0 radical (unpaired) electrons. The molecule has 1 heterocycles. The number of carbonyl (C=O) groups excluding carboxylic acids is 2. The van der Waals surface area contributed by atoms with Crippen molar-refractivity contribution >= 4 is 11.8 Å². The van der Waals surface area contributed by atoms with Crippen molar-refractivity contribution in [3.05, 3.63) is 89.0 Å². The van der Waals surface area contributed by atoms with Gasteiger partial charge in [0.1, 0.15) is 5.75 Å². The lowest BCUT2D eigenvalue weighted by atomic mass is 9.96. The van der Waals surface area contributed by atoms with Crippen molar-refractivity contribution in [2.75, 3.05) is 40.9 Å². The zero-order valence-electron chi connectivity index (χ0n) is 24.2. The van der Waals surface area contributed by atoms with Gasteiger partial charge >= 0.3 is 0 Å². The molecule has 0 aromatic heterocycles. The maximum atomic E-state index is 13.6. The first-order valence-corrected chi connectivity index (χ1v) is 13.8. The Morgan fingerprint density at radius 1 is 1.12 bits per heavy atom. The number of primary amides is 1. The summed E-state index contributed by atoms with van der Waals surface area (Å²) in [5.41, 5.74) is 9.62. The number of aliphatic hydroxyl groups is 1. The maximum absolute atomic E-state index is 13.6. The summed E-state index contributed by atoms with van der Waals surface area (Å²) < 4.78 is 5.84. The lowest BCUT2D eigenvalue weighted by molar-refractivity contribution is -0.118. The molecular weight excluding hydrogens is 520 g/mol. The third kappa shape index (κ3) is 7.92. The van der Waals surface area contributed by atoms with Crippen LogP contribution in [0.1, 0.15) is 38.8 Å². The van der Waals surface area contributed by atoms with Gasteiger partial charge in [0, 0.05) is 47.3 Å². The highest BCUT2D eigenvalue weighted by Crippen LogP contribution is 2.35. The van der Waals surface area contributed by atoms with Crippen LogP contribution in [0.4, 0.5) is 0 Å². The number of methoxy groups -OCH3 is 1. The molecule has 3 aromatic rings. The van der Waals surface area contributed by atoms with Gasteiger partial charge in [-0.15, -0.1) is 0 Å². The number of benzene rings is 3. The van der Waals surface area contributed by atoms with E-state index in [-0.39, 0.29) is 23.4 Å². The molecule has 9 heteroatoms. The third-order valence-electron chi connectivity index (χ3n) is 7.28. The summed E-state index contributed by atoms with van der Waals surface area (Å²) in [6.07, 6.45) is 0.205. The van der Waals surface area contributed by atoms with Crippen LogP contribution < -0.4 is 15.8 Å². The summed E-state index contributed by atoms with van der Waals surface area (Å²) in [6.45, 7) is 3.92. The Kier molecular flexibility index (Phi) is 10.1. The van der Waals surface area contributed by atoms with Crippen LogP contribution >= 0.6 is 0 Å². The van der Waals surface area contributed by atoms with Gasteiger partial charge in [0.25, 0.3) is 5.91 Å². The van der Waals surface area contributed by atoms with Crippen molar-refractivity contribution in [3.8, 4) is 16.9 Å². The predicted molar refractivity (Wildman–Crippen MR) is 158 cm³/mol. The number of para-hydroxylation sites is 1. The quantitative estimate of drug-likeness (QED) is 0.312. The molecule has 1 aliphatic heterocycles. The van der Waals surface area contributed by atoms with Crippen molar-refractivity contribution < 1.29 is 24.3 Å². The lowest BCUT2D eigenvalue weighted by Gasteiger charge is -2.23. The second-order valence-electron chi connectivity index (χ2n) is 10.9. The fourth-order valence-corrected chi connectivity index (χ4v) is 5.16. The zero-order chi connectivity index (χ0) is 29.5. The van der Waals surface area contributed by atoms with Crippen LogP contribution in [0.15, 0.2) is 66.7 Å². The number of carbonyl (C=O) groups is 2. The van der Waals surface area contributed by atoms with E-state index in [1.807, 2.05) is 72.6 Å². The second-order valence-corrected chi connectivity index (χ2v) is 10.9. The molecule has 4 N–H and O–H groups in total. The summed E-state index contributed by atoms with van der Waals surface area (Å²) in [6, 6.07) is 20.6. The number of hydroxylamine groups is 2. The van der Waals surface area contributed by atoms with Crippen molar-refractivity contribution in [2.45, 2.75) is 32.0 Å². The van der Waals surface area contributed by atoms with E-state index in [0.717, 1.165) is 16.7 Å². The Morgan fingerprint density at radius 2 is 1.85 bits per heavy atom. The van der Waals surface area contributed by atoms with Crippen LogP contribution in [-0.4, -0.2) is 79.9 Å². The van der Waals surface area contributed by atoms with Gasteiger partial charge in [-0.1, -0.05) is 48.5 Å². The number of hydrogen-bond acceptors (Lipinski definition) is 7. The molecule has 4 rings (SSSR count). The molecule has 2 amide bonds. The van der Waals surface area contributed by atoms with Crippen molar-refractivity contribution in [1.29, 1.82) is 0 Å². The van der Waals surface area contributed by atoms with Crippen molar-refractivity contribution in [3.63, 3.8) is 0 Å². The average Bonchev–Trinajstić information content (AvgIpc) is 3.41. The number of rotatable bonds is 12. The molecule has 1 aliphatic rings. The van der Waals surface area contributed by atoms with E-state index in [1.165, 1.54) is 6.07 Å². The Hall–Kier alpha value is -3.76. The lowest BCUT2D eigenvalue weighted by Crippen LogP contribution is -2.43. The highest BCUT2D eigenvalue weighted by atomic mass is 16.7. The van der Waals surface area contributed by atoms with E-state index >= 15 is 0 Å². The molecule has 0 aliphatic carbocycles. The first-order chi connectivity index (χ1) is 19.6. The highest BCUT2D eigenvalue weighted by molar-refractivity contribution is 6.01. The fourth-order valence-electron chi connectivity index (χ4n) is 5.16. The molecule has 3 aromatic carbocycles. The average molecular weight is 561 g/mol. The summed E-state index contributed by atoms with van der Waals surface area (Å²) in [5, 5.41) is 14.9. The highest BCUT2D eigenvalue weighted by Gasteiger charge is 2.28. The van der Waals surface area contributed by atoms with E-state index in [2.05, 4.69) is 5.32 Å². The topological polar surface area (TPSA) is 117 Å². The second kappa shape index (κ2) is 13.7. The number of hydrogen-bond donors (Lipinski definition) is 3. The molecule has 1 unspecified atom stereocenters. The summed E-state index contributed by atoms with van der Waals surface area (Å²) in [7, 11) is 5.52. The van der Waals surface area contributed by atoms with Gasteiger partial charge in [0.15, 0.2) is 0 Å². The zero-order valence-corrected chi connectivity index (χ0v) is 24.2. The number of nitrogens with two attached hydrogens (primary N) is 1. The minimum atomic E-state index is -0.625. The van der Waals surface area contributed by atoms with Crippen LogP contribution in [0, 0.1) is 5.92 Å². The van der Waals surface area contributed by atoms with Crippen LogP contribution in [0.5, 0.6) is 5.75 Å². The van der Waals surface area contributed by atoms with Gasteiger partial charge in [-0.2, -0.15) is 5.06 Å². The van der Waals surface area contributed by atoms with Gasteiger partial charge in [0.2, 0.25) is 5.91 Å². The van der Waals surface area contributed by atoms with E-state index in [1.54, 1.807) is 26.2 Å². The Labute approximate surface area is 241 Å². The Balaban J connectivity index is 1.63. The molecule has 3 atom stereocenters. The Morgan fingerprint density at radius 3 is 2.49 bits per heavy atom.